The molecule has 8 nitrogen and oxygen atoms in total. The zero-order chi connectivity index (χ0) is 26.2. The predicted molar refractivity (Wildman–Crippen MR) is 142 cm³/mol. The lowest BCUT2D eigenvalue weighted by Gasteiger charge is -2.14. The summed E-state index contributed by atoms with van der Waals surface area (Å²) < 4.78 is 28.0. The Bertz CT molecular complexity index is 1000. The van der Waals surface area contributed by atoms with Gasteiger partial charge in [-0.05, 0) is 73.9 Å². The second-order valence-electron chi connectivity index (χ2n) is 9.19. The molecule has 0 saturated carbocycles. The Morgan fingerprint density at radius 3 is 2.33 bits per heavy atom. The van der Waals surface area contributed by atoms with E-state index in [-0.39, 0.29) is 18.1 Å². The minimum Gasteiger partial charge on any atom is -0.508 e. The molecule has 0 unspecified atom stereocenters. The molecule has 0 aliphatic heterocycles. The van der Waals surface area contributed by atoms with Crippen LogP contribution >= 0.6 is 0 Å². The summed E-state index contributed by atoms with van der Waals surface area (Å²) in [5.41, 5.74) is 3.30. The summed E-state index contributed by atoms with van der Waals surface area (Å²) in [4.78, 5) is 0. The van der Waals surface area contributed by atoms with Crippen molar-refractivity contribution in [3.05, 3.63) is 64.7 Å². The molecule has 6 N–H and O–H groups in total. The fourth-order valence-corrected chi connectivity index (χ4v) is 4.46. The number of aryl methyl sites for hydroxylation is 2. The monoisotopic (exact) mass is 522 g/mol. The van der Waals surface area contributed by atoms with Crippen molar-refractivity contribution >= 4 is 10.0 Å². The van der Waals surface area contributed by atoms with Crippen LogP contribution in [0.5, 0.6) is 5.75 Å². The second-order valence-corrected chi connectivity index (χ2v) is 10.9. The molecule has 0 aromatic heterocycles. The topological polar surface area (TPSA) is 142 Å². The summed E-state index contributed by atoms with van der Waals surface area (Å²) in [6.45, 7) is 2.51. The Hall–Kier alpha value is -2.01. The third-order valence-electron chi connectivity index (χ3n) is 6.06. The number of aliphatic hydroxyl groups excluding tert-OH is 2. The first kappa shape index (κ1) is 30.2. The van der Waals surface area contributed by atoms with E-state index in [0.717, 1.165) is 70.3 Å². The van der Waals surface area contributed by atoms with Crippen LogP contribution in [0.15, 0.2) is 42.5 Å². The van der Waals surface area contributed by atoms with Crippen molar-refractivity contribution in [2.24, 2.45) is 5.14 Å². The highest BCUT2D eigenvalue weighted by Gasteiger charge is 2.10. The van der Waals surface area contributed by atoms with Crippen molar-refractivity contribution in [1.29, 1.82) is 0 Å². The summed E-state index contributed by atoms with van der Waals surface area (Å²) in [5.74, 6) is 0.00523. The summed E-state index contributed by atoms with van der Waals surface area (Å²) in [6.07, 6.45) is 7.00. The Balaban J connectivity index is 1.43. The van der Waals surface area contributed by atoms with Gasteiger partial charge in [0.1, 0.15) is 5.75 Å². The number of rotatable bonds is 19. The summed E-state index contributed by atoms with van der Waals surface area (Å²) in [6, 6.07) is 12.8. The molecule has 0 amide bonds. The van der Waals surface area contributed by atoms with Gasteiger partial charge in [-0.15, -0.1) is 0 Å². The van der Waals surface area contributed by atoms with Gasteiger partial charge < -0.3 is 25.4 Å². The summed E-state index contributed by atoms with van der Waals surface area (Å²) >= 11 is 0. The van der Waals surface area contributed by atoms with E-state index in [1.165, 1.54) is 11.6 Å². The van der Waals surface area contributed by atoms with Gasteiger partial charge in [-0.1, -0.05) is 43.2 Å². The van der Waals surface area contributed by atoms with Crippen LogP contribution in [0, 0.1) is 0 Å². The Kier molecular flexibility index (Phi) is 14.0. The van der Waals surface area contributed by atoms with E-state index in [2.05, 4.69) is 17.4 Å². The minimum atomic E-state index is -3.43. The van der Waals surface area contributed by atoms with Crippen LogP contribution in [0.3, 0.4) is 0 Å². The number of primary sulfonamides is 1. The SMILES string of the molecule is NS(=O)(=O)CCc1cccc(CCCCOCCCCCCNC[C@@H](O)c2ccc(O)c(CO)c2)c1. The standard InChI is InChI=1S/C27H42N2O6S/c28-36(33,34)17-13-23-10-7-9-22(18-23)8-3-6-16-35-15-5-2-1-4-14-29-20-27(32)24-11-12-26(31)25(19-24)21-30/h7,9-12,18-19,27,29-32H,1-6,8,13-17,20-21H2,(H2,28,33,34)/t27-/m1/s1. The van der Waals surface area contributed by atoms with Crippen molar-refractivity contribution in [3.8, 4) is 5.75 Å². The number of nitrogens with two attached hydrogens (primary N) is 1. The van der Waals surface area contributed by atoms with Crippen molar-refractivity contribution in [1.82, 2.24) is 5.32 Å². The lowest BCUT2D eigenvalue weighted by molar-refractivity contribution is 0.126. The van der Waals surface area contributed by atoms with Crippen molar-refractivity contribution in [3.63, 3.8) is 0 Å². The van der Waals surface area contributed by atoms with Gasteiger partial charge in [0.15, 0.2) is 0 Å². The minimum absolute atomic E-state index is 0.0300. The molecule has 0 spiro atoms. The van der Waals surface area contributed by atoms with E-state index in [1.54, 1.807) is 12.1 Å². The second kappa shape index (κ2) is 16.7. The molecule has 1 atom stereocenters. The molecule has 2 rings (SSSR count). The maximum absolute atomic E-state index is 11.1. The van der Waals surface area contributed by atoms with Crippen LogP contribution in [0.1, 0.15) is 66.9 Å². The van der Waals surface area contributed by atoms with E-state index < -0.39 is 16.1 Å². The normalized spacial score (nSPS) is 12.6. The van der Waals surface area contributed by atoms with E-state index in [1.807, 2.05) is 12.1 Å². The van der Waals surface area contributed by atoms with Crippen LogP contribution in [0.4, 0.5) is 0 Å². The number of hydrogen-bond donors (Lipinski definition) is 5. The lowest BCUT2D eigenvalue weighted by Crippen LogP contribution is -2.22. The number of sulfonamides is 1. The molecular weight excluding hydrogens is 480 g/mol. The fraction of sp³-hybridized carbons (Fsp3) is 0.556. The molecule has 9 heteroatoms. The molecule has 0 saturated heterocycles. The Morgan fingerprint density at radius 2 is 1.61 bits per heavy atom. The third-order valence-corrected chi connectivity index (χ3v) is 6.83. The van der Waals surface area contributed by atoms with Crippen LogP contribution in [0.25, 0.3) is 0 Å². The van der Waals surface area contributed by atoms with Crippen LogP contribution < -0.4 is 10.5 Å². The first-order valence-corrected chi connectivity index (χ1v) is 14.5. The number of aromatic hydroxyl groups is 1. The quantitative estimate of drug-likeness (QED) is 0.179. The molecule has 0 heterocycles. The summed E-state index contributed by atoms with van der Waals surface area (Å²) in [5, 5.41) is 37.4. The molecule has 0 fully saturated rings. The highest BCUT2D eigenvalue weighted by Crippen LogP contribution is 2.22. The first-order chi connectivity index (χ1) is 17.3. The van der Waals surface area contributed by atoms with Gasteiger partial charge >= 0.3 is 0 Å². The van der Waals surface area contributed by atoms with E-state index in [4.69, 9.17) is 9.88 Å². The molecule has 202 valence electrons. The van der Waals surface area contributed by atoms with E-state index >= 15 is 0 Å². The zero-order valence-electron chi connectivity index (χ0n) is 21.1. The number of hydrogen-bond acceptors (Lipinski definition) is 7. The zero-order valence-corrected chi connectivity index (χ0v) is 21.9. The fourth-order valence-electron chi connectivity index (χ4n) is 3.94. The number of ether oxygens (including phenoxy) is 1. The van der Waals surface area contributed by atoms with Gasteiger partial charge in [0.2, 0.25) is 10.0 Å². The highest BCUT2D eigenvalue weighted by atomic mass is 32.2. The van der Waals surface area contributed by atoms with Gasteiger partial charge in [0, 0.05) is 25.3 Å². The Morgan fingerprint density at radius 1 is 0.917 bits per heavy atom. The van der Waals surface area contributed by atoms with E-state index in [0.29, 0.717) is 24.1 Å². The average Bonchev–Trinajstić information content (AvgIpc) is 2.85. The van der Waals surface area contributed by atoms with Crippen molar-refractivity contribution < 1.29 is 28.5 Å². The highest BCUT2D eigenvalue weighted by molar-refractivity contribution is 7.89. The smallest absolute Gasteiger partial charge is 0.209 e. The van der Waals surface area contributed by atoms with Crippen LogP contribution in [0.2, 0.25) is 0 Å². The predicted octanol–water partition coefficient (Wildman–Crippen LogP) is 2.94. The summed E-state index contributed by atoms with van der Waals surface area (Å²) in [7, 11) is -3.43. The van der Waals surface area contributed by atoms with E-state index in [9.17, 15) is 23.7 Å². The third kappa shape index (κ3) is 12.8. The van der Waals surface area contributed by atoms with Gasteiger partial charge in [0.05, 0.1) is 18.5 Å². The molecule has 0 aliphatic rings. The lowest BCUT2D eigenvalue weighted by atomic mass is 10.0. The van der Waals surface area contributed by atoms with Gasteiger partial charge in [-0.25, -0.2) is 13.6 Å². The van der Waals surface area contributed by atoms with Crippen molar-refractivity contribution in [2.75, 3.05) is 32.1 Å². The number of aliphatic hydroxyl groups is 2. The number of nitrogens with one attached hydrogen (secondary N) is 1. The maximum atomic E-state index is 11.1. The number of benzene rings is 2. The van der Waals surface area contributed by atoms with Crippen LogP contribution in [-0.2, 0) is 34.2 Å². The average molecular weight is 523 g/mol. The first-order valence-electron chi connectivity index (χ1n) is 12.8. The molecule has 36 heavy (non-hydrogen) atoms. The molecule has 0 bridgehead atoms. The van der Waals surface area contributed by atoms with Crippen LogP contribution in [-0.4, -0.2) is 55.8 Å². The largest absolute Gasteiger partial charge is 0.508 e. The molecule has 2 aromatic carbocycles. The molecule has 0 aliphatic carbocycles. The number of unbranched alkanes of at least 4 members (excludes halogenated alkanes) is 4. The van der Waals surface area contributed by atoms with Crippen molar-refractivity contribution in [2.45, 2.75) is 64.1 Å². The molecule has 0 radical (unpaired) electrons. The van der Waals surface area contributed by atoms with Gasteiger partial charge in [-0.3, -0.25) is 0 Å². The van der Waals surface area contributed by atoms with Gasteiger partial charge in [0.25, 0.3) is 0 Å². The number of phenols is 1. The van der Waals surface area contributed by atoms with Gasteiger partial charge in [-0.2, -0.15) is 0 Å². The maximum Gasteiger partial charge on any atom is 0.209 e. The Labute approximate surface area is 215 Å². The molecular formula is C27H42N2O6S. The molecule has 2 aromatic rings.